The molecule has 2 heterocycles. The van der Waals surface area contributed by atoms with Gasteiger partial charge in [-0.2, -0.15) is 13.2 Å². The zero-order chi connectivity index (χ0) is 19.4. The predicted molar refractivity (Wildman–Crippen MR) is 101 cm³/mol. The van der Waals surface area contributed by atoms with Crippen molar-refractivity contribution in [2.45, 2.75) is 19.1 Å². The van der Waals surface area contributed by atoms with Crippen molar-refractivity contribution in [3.05, 3.63) is 41.7 Å². The van der Waals surface area contributed by atoms with E-state index in [0.29, 0.717) is 24.3 Å². The third kappa shape index (κ3) is 5.03. The molecule has 1 aromatic carbocycles. The Morgan fingerprint density at radius 2 is 1.93 bits per heavy atom. The van der Waals surface area contributed by atoms with Gasteiger partial charge in [0.15, 0.2) is 0 Å². The molecule has 10 heteroatoms. The van der Waals surface area contributed by atoms with Crippen LogP contribution in [0.3, 0.4) is 0 Å². The van der Waals surface area contributed by atoms with Crippen molar-refractivity contribution in [1.29, 1.82) is 0 Å². The van der Waals surface area contributed by atoms with Crippen LogP contribution in [0.2, 0.25) is 0 Å². The Labute approximate surface area is 166 Å². The number of alkyl halides is 3. The minimum absolute atomic E-state index is 0. The SMILES string of the molecule is Cc1onc(-c2ccccc2)c1C(=O)NCC(N1CCNCC1)C(F)(F)F.Cl. The van der Waals surface area contributed by atoms with Crippen LogP contribution < -0.4 is 10.6 Å². The van der Waals surface area contributed by atoms with E-state index in [4.69, 9.17) is 4.52 Å². The second kappa shape index (κ2) is 9.40. The number of rotatable bonds is 5. The van der Waals surface area contributed by atoms with Gasteiger partial charge in [0.1, 0.15) is 23.1 Å². The van der Waals surface area contributed by atoms with Gasteiger partial charge in [-0.15, -0.1) is 12.4 Å². The quantitative estimate of drug-likeness (QED) is 0.781. The van der Waals surface area contributed by atoms with E-state index in [-0.39, 0.29) is 36.8 Å². The number of aryl methyl sites for hydroxylation is 1. The average molecular weight is 419 g/mol. The van der Waals surface area contributed by atoms with Gasteiger partial charge in [0.25, 0.3) is 5.91 Å². The molecule has 0 bridgehead atoms. The third-order valence-corrected chi connectivity index (χ3v) is 4.56. The number of nitrogens with one attached hydrogen (secondary N) is 2. The van der Waals surface area contributed by atoms with Gasteiger partial charge in [0.05, 0.1) is 0 Å². The number of nitrogens with zero attached hydrogens (tertiary/aromatic N) is 2. The fourth-order valence-electron chi connectivity index (χ4n) is 3.16. The van der Waals surface area contributed by atoms with Crippen LogP contribution in [0.5, 0.6) is 0 Å². The van der Waals surface area contributed by atoms with E-state index in [2.05, 4.69) is 15.8 Å². The maximum atomic E-state index is 13.5. The van der Waals surface area contributed by atoms with E-state index < -0.39 is 24.7 Å². The summed E-state index contributed by atoms with van der Waals surface area (Å²) in [6.07, 6.45) is -4.43. The minimum Gasteiger partial charge on any atom is -0.360 e. The van der Waals surface area contributed by atoms with Crippen molar-refractivity contribution in [1.82, 2.24) is 20.7 Å². The van der Waals surface area contributed by atoms with Crippen LogP contribution in [0.4, 0.5) is 13.2 Å². The van der Waals surface area contributed by atoms with Crippen LogP contribution in [-0.2, 0) is 0 Å². The number of aromatic nitrogens is 1. The van der Waals surface area contributed by atoms with Crippen molar-refractivity contribution in [2.75, 3.05) is 32.7 Å². The fourth-order valence-corrected chi connectivity index (χ4v) is 3.16. The molecule has 1 atom stereocenters. The first-order chi connectivity index (χ1) is 12.9. The number of hydrogen-bond acceptors (Lipinski definition) is 5. The highest BCUT2D eigenvalue weighted by Crippen LogP contribution is 2.27. The van der Waals surface area contributed by atoms with Crippen LogP contribution in [0.1, 0.15) is 16.1 Å². The summed E-state index contributed by atoms with van der Waals surface area (Å²) in [5.41, 5.74) is 1.13. The number of hydrogen-bond donors (Lipinski definition) is 2. The lowest BCUT2D eigenvalue weighted by atomic mass is 10.1. The minimum atomic E-state index is -4.43. The first-order valence-electron chi connectivity index (χ1n) is 8.69. The molecule has 1 amide bonds. The molecule has 154 valence electrons. The van der Waals surface area contributed by atoms with E-state index in [9.17, 15) is 18.0 Å². The number of piperazine rings is 1. The molecule has 2 N–H and O–H groups in total. The molecule has 1 saturated heterocycles. The first kappa shape index (κ1) is 22.2. The summed E-state index contributed by atoms with van der Waals surface area (Å²) in [6, 6.07) is 7.16. The summed E-state index contributed by atoms with van der Waals surface area (Å²) in [4.78, 5) is 14.0. The molecule has 1 unspecified atom stereocenters. The average Bonchev–Trinajstić information content (AvgIpc) is 3.04. The van der Waals surface area contributed by atoms with Crippen molar-refractivity contribution < 1.29 is 22.5 Å². The zero-order valence-electron chi connectivity index (χ0n) is 15.3. The van der Waals surface area contributed by atoms with Gasteiger partial charge in [0.2, 0.25) is 0 Å². The number of benzene rings is 1. The summed E-state index contributed by atoms with van der Waals surface area (Å²) in [5.74, 6) is -0.367. The Balaban J connectivity index is 0.00000280. The van der Waals surface area contributed by atoms with Crippen LogP contribution in [0.25, 0.3) is 11.3 Å². The fraction of sp³-hybridized carbons (Fsp3) is 0.444. The topological polar surface area (TPSA) is 70.4 Å². The highest BCUT2D eigenvalue weighted by molar-refractivity contribution is 6.00. The Morgan fingerprint density at radius 1 is 1.29 bits per heavy atom. The number of halogens is 4. The molecule has 3 rings (SSSR count). The van der Waals surface area contributed by atoms with Gasteiger partial charge in [0, 0.05) is 38.3 Å². The lowest BCUT2D eigenvalue weighted by Gasteiger charge is -2.35. The zero-order valence-corrected chi connectivity index (χ0v) is 16.1. The van der Waals surface area contributed by atoms with Gasteiger partial charge in [-0.1, -0.05) is 35.5 Å². The summed E-state index contributed by atoms with van der Waals surface area (Å²) in [6.45, 7) is 2.57. The molecule has 0 spiro atoms. The number of carbonyl (C=O) groups is 1. The standard InChI is InChI=1S/C18H21F3N4O2.ClH/c1-12-15(16(24-27-12)13-5-3-2-4-6-13)17(26)23-11-14(18(19,20)21)25-9-7-22-8-10-25;/h2-6,14,22H,7-11H2,1H3,(H,23,26);1H. The lowest BCUT2D eigenvalue weighted by Crippen LogP contribution is -2.57. The summed E-state index contributed by atoms with van der Waals surface area (Å²) < 4.78 is 45.5. The first-order valence-corrected chi connectivity index (χ1v) is 8.69. The summed E-state index contributed by atoms with van der Waals surface area (Å²) in [5, 5.41) is 9.34. The predicted octanol–water partition coefficient (Wildman–Crippen LogP) is 2.64. The smallest absolute Gasteiger partial charge is 0.360 e. The molecule has 1 aromatic heterocycles. The largest absolute Gasteiger partial charge is 0.405 e. The lowest BCUT2D eigenvalue weighted by molar-refractivity contribution is -0.183. The molecule has 0 saturated carbocycles. The summed E-state index contributed by atoms with van der Waals surface area (Å²) >= 11 is 0. The molecule has 0 aliphatic carbocycles. The van der Waals surface area contributed by atoms with E-state index >= 15 is 0 Å². The second-order valence-electron chi connectivity index (χ2n) is 6.38. The monoisotopic (exact) mass is 418 g/mol. The van der Waals surface area contributed by atoms with Crippen LogP contribution in [0.15, 0.2) is 34.9 Å². The highest BCUT2D eigenvalue weighted by atomic mass is 35.5. The van der Waals surface area contributed by atoms with Crippen molar-refractivity contribution >= 4 is 18.3 Å². The highest BCUT2D eigenvalue weighted by Gasteiger charge is 2.44. The number of carbonyl (C=O) groups excluding carboxylic acids is 1. The molecule has 1 aliphatic rings. The molecule has 28 heavy (non-hydrogen) atoms. The second-order valence-corrected chi connectivity index (χ2v) is 6.38. The third-order valence-electron chi connectivity index (χ3n) is 4.56. The molecule has 1 aliphatic heterocycles. The van der Waals surface area contributed by atoms with Crippen LogP contribution >= 0.6 is 12.4 Å². The molecule has 0 radical (unpaired) electrons. The maximum Gasteiger partial charge on any atom is 0.405 e. The molecule has 2 aromatic rings. The molecule has 1 fully saturated rings. The molecular formula is C18H22ClF3N4O2. The van der Waals surface area contributed by atoms with E-state index in [1.165, 1.54) is 4.90 Å². The molecular weight excluding hydrogens is 397 g/mol. The van der Waals surface area contributed by atoms with Gasteiger partial charge >= 0.3 is 6.18 Å². The van der Waals surface area contributed by atoms with Gasteiger partial charge in [-0.05, 0) is 6.92 Å². The van der Waals surface area contributed by atoms with Crippen LogP contribution in [0, 0.1) is 6.92 Å². The van der Waals surface area contributed by atoms with E-state index in [1.807, 2.05) is 6.07 Å². The van der Waals surface area contributed by atoms with Crippen molar-refractivity contribution in [3.63, 3.8) is 0 Å². The van der Waals surface area contributed by atoms with Crippen molar-refractivity contribution in [3.8, 4) is 11.3 Å². The Bertz CT molecular complexity index is 777. The van der Waals surface area contributed by atoms with Gasteiger partial charge < -0.3 is 15.2 Å². The Kier molecular flexibility index (Phi) is 7.45. The summed E-state index contributed by atoms with van der Waals surface area (Å²) in [7, 11) is 0. The van der Waals surface area contributed by atoms with Gasteiger partial charge in [-0.25, -0.2) is 0 Å². The van der Waals surface area contributed by atoms with E-state index in [1.54, 1.807) is 31.2 Å². The number of amides is 1. The van der Waals surface area contributed by atoms with Crippen LogP contribution in [-0.4, -0.2) is 60.9 Å². The normalized spacial score (nSPS) is 16.3. The van der Waals surface area contributed by atoms with Crippen molar-refractivity contribution in [2.24, 2.45) is 0 Å². The van der Waals surface area contributed by atoms with E-state index in [0.717, 1.165) is 0 Å². The maximum absolute atomic E-state index is 13.5. The van der Waals surface area contributed by atoms with Gasteiger partial charge in [-0.3, -0.25) is 9.69 Å². The Morgan fingerprint density at radius 3 is 2.54 bits per heavy atom. The molecule has 6 nitrogen and oxygen atoms in total. The Hall–Kier alpha value is -2.10.